The summed E-state index contributed by atoms with van der Waals surface area (Å²) in [5, 5.41) is 10.3. The zero-order chi connectivity index (χ0) is 28.5. The van der Waals surface area contributed by atoms with E-state index in [9.17, 15) is 19.5 Å². The van der Waals surface area contributed by atoms with Gasteiger partial charge in [-0.05, 0) is 69.1 Å². The fourth-order valence-corrected chi connectivity index (χ4v) is 8.16. The van der Waals surface area contributed by atoms with Crippen LogP contribution in [0.25, 0.3) is 0 Å². The summed E-state index contributed by atoms with van der Waals surface area (Å²) >= 11 is 0. The van der Waals surface area contributed by atoms with Crippen LogP contribution in [0.4, 0.5) is 0 Å². The fourth-order valence-electron chi connectivity index (χ4n) is 8.16. The zero-order valence-electron chi connectivity index (χ0n) is 23.7. The van der Waals surface area contributed by atoms with Crippen molar-refractivity contribution >= 4 is 17.8 Å². The highest BCUT2D eigenvalue weighted by Crippen LogP contribution is 2.64. The fraction of sp³-hybridized carbons (Fsp3) is 0.645. The molecule has 3 heterocycles. The van der Waals surface area contributed by atoms with Crippen molar-refractivity contribution in [3.63, 3.8) is 0 Å². The largest absolute Gasteiger partial charge is 0.497 e. The molecule has 9 nitrogen and oxygen atoms in total. The summed E-state index contributed by atoms with van der Waals surface area (Å²) in [6.45, 7) is 6.91. The van der Waals surface area contributed by atoms with Gasteiger partial charge < -0.3 is 29.1 Å². The summed E-state index contributed by atoms with van der Waals surface area (Å²) in [5.74, 6) is 0.0606. The number of unbranched alkanes of at least 4 members (excludes halogenated alkanes) is 1. The van der Waals surface area contributed by atoms with Gasteiger partial charge in [-0.25, -0.2) is 0 Å². The quantitative estimate of drug-likeness (QED) is 0.268. The molecule has 4 bridgehead atoms. The first-order valence-electron chi connectivity index (χ1n) is 14.6. The van der Waals surface area contributed by atoms with Gasteiger partial charge in [-0.3, -0.25) is 14.4 Å². The van der Waals surface area contributed by atoms with Crippen LogP contribution in [0, 0.1) is 17.3 Å². The van der Waals surface area contributed by atoms with Crippen molar-refractivity contribution < 1.29 is 33.7 Å². The van der Waals surface area contributed by atoms with E-state index < -0.39 is 23.3 Å². The summed E-state index contributed by atoms with van der Waals surface area (Å²) in [5.41, 5.74) is -0.549. The molecule has 3 aliphatic heterocycles. The first-order chi connectivity index (χ1) is 19.3. The summed E-state index contributed by atoms with van der Waals surface area (Å²) in [7, 11) is 1.61. The number of carbonyl (C=O) groups excluding carboxylic acids is 3. The zero-order valence-corrected chi connectivity index (χ0v) is 23.7. The standard InChI is InChI=1S/C31H42N2O7/c1-4-6-7-8-25(34)32-16-14-24-23-17-30(15-13-26(35)40-20-30)29(32)31(24,18-27(36)39-5-2)33(28(23)37)19-21-9-11-22(38-3)12-10-21/h4,9-12,23-24,26,29,35H,1,5-8,13-20H2,2-3H3/t23-,24-,26?,29+,30+,31+/m1/s1. The molecular weight excluding hydrogens is 512 g/mol. The molecule has 0 radical (unpaired) electrons. The maximum Gasteiger partial charge on any atom is 0.308 e. The van der Waals surface area contributed by atoms with Crippen molar-refractivity contribution in [1.82, 2.24) is 9.80 Å². The van der Waals surface area contributed by atoms with E-state index in [1.807, 2.05) is 40.1 Å². The third-order valence-corrected chi connectivity index (χ3v) is 9.69. The van der Waals surface area contributed by atoms with Crippen molar-refractivity contribution in [3.05, 3.63) is 42.5 Å². The number of allylic oxidation sites excluding steroid dienone is 1. The number of likely N-dealkylation sites (tertiary alicyclic amines) is 2. The molecule has 1 N–H and O–H groups in total. The predicted octanol–water partition coefficient (Wildman–Crippen LogP) is 3.44. The van der Waals surface area contributed by atoms with E-state index in [0.717, 1.165) is 17.7 Å². The average Bonchev–Trinajstić information content (AvgIpc) is 3.11. The monoisotopic (exact) mass is 554 g/mol. The summed E-state index contributed by atoms with van der Waals surface area (Å²) in [4.78, 5) is 45.4. The number of fused-ring (bicyclic) bond motifs is 1. The molecule has 1 aromatic rings. The minimum Gasteiger partial charge on any atom is -0.497 e. The van der Waals surface area contributed by atoms with E-state index in [2.05, 4.69) is 6.58 Å². The Morgan fingerprint density at radius 1 is 1.25 bits per heavy atom. The van der Waals surface area contributed by atoms with E-state index in [4.69, 9.17) is 14.2 Å². The Morgan fingerprint density at radius 2 is 2.02 bits per heavy atom. The Hall–Kier alpha value is -2.91. The third-order valence-electron chi connectivity index (χ3n) is 9.69. The lowest BCUT2D eigenvalue weighted by atomic mass is 9.51. The highest BCUT2D eigenvalue weighted by molar-refractivity contribution is 5.87. The third kappa shape index (κ3) is 4.81. The van der Waals surface area contributed by atoms with E-state index in [1.165, 1.54) is 0 Å². The number of hydrogen-bond donors (Lipinski definition) is 1. The number of hydrogen-bond acceptors (Lipinski definition) is 7. The van der Waals surface area contributed by atoms with Gasteiger partial charge in [0.25, 0.3) is 0 Å². The molecule has 4 fully saturated rings. The molecule has 40 heavy (non-hydrogen) atoms. The Balaban J connectivity index is 1.62. The predicted molar refractivity (Wildman–Crippen MR) is 147 cm³/mol. The highest BCUT2D eigenvalue weighted by atomic mass is 16.6. The summed E-state index contributed by atoms with van der Waals surface area (Å²) in [6.07, 6.45) is 5.05. The molecule has 2 amide bonds. The molecule has 1 aromatic carbocycles. The number of carbonyl (C=O) groups is 3. The van der Waals surface area contributed by atoms with Crippen LogP contribution in [0.5, 0.6) is 5.75 Å². The van der Waals surface area contributed by atoms with Crippen molar-refractivity contribution in [1.29, 1.82) is 0 Å². The average molecular weight is 555 g/mol. The van der Waals surface area contributed by atoms with Crippen LogP contribution in [0.2, 0.25) is 0 Å². The Kier molecular flexibility index (Phi) is 8.25. The van der Waals surface area contributed by atoms with E-state index in [0.29, 0.717) is 51.6 Å². The second-order valence-corrected chi connectivity index (χ2v) is 11.8. The molecule has 1 aliphatic carbocycles. The highest BCUT2D eigenvalue weighted by Gasteiger charge is 2.74. The van der Waals surface area contributed by atoms with Gasteiger partial charge in [0.1, 0.15) is 5.75 Å². The van der Waals surface area contributed by atoms with Crippen molar-refractivity contribution in [2.45, 2.75) is 82.7 Å². The number of nitrogens with zero attached hydrogens (tertiary/aromatic N) is 2. The lowest BCUT2D eigenvalue weighted by Gasteiger charge is -2.64. The van der Waals surface area contributed by atoms with Gasteiger partial charge in [0, 0.05) is 30.8 Å². The molecule has 1 unspecified atom stereocenters. The molecule has 5 rings (SSSR count). The number of amides is 2. The number of ether oxygens (including phenoxy) is 3. The summed E-state index contributed by atoms with van der Waals surface area (Å²) in [6, 6.07) is 7.20. The van der Waals surface area contributed by atoms with Gasteiger partial charge in [-0.2, -0.15) is 0 Å². The smallest absolute Gasteiger partial charge is 0.308 e. The van der Waals surface area contributed by atoms with Gasteiger partial charge in [-0.15, -0.1) is 6.58 Å². The van der Waals surface area contributed by atoms with Crippen LogP contribution >= 0.6 is 0 Å². The molecule has 4 aliphatic rings. The maximum atomic E-state index is 14.3. The Morgan fingerprint density at radius 3 is 2.67 bits per heavy atom. The van der Waals surface area contributed by atoms with Gasteiger partial charge in [0.15, 0.2) is 6.29 Å². The lowest BCUT2D eigenvalue weighted by molar-refractivity contribution is -0.223. The number of aliphatic hydroxyl groups excluding tert-OH is 1. The van der Waals surface area contributed by atoms with Gasteiger partial charge >= 0.3 is 5.97 Å². The maximum absolute atomic E-state index is 14.3. The number of piperidine rings is 1. The topological polar surface area (TPSA) is 106 Å². The Labute approximate surface area is 236 Å². The second kappa shape index (κ2) is 11.5. The second-order valence-electron chi connectivity index (χ2n) is 11.8. The molecule has 0 aromatic heterocycles. The molecular formula is C31H42N2O7. The van der Waals surface area contributed by atoms with Crippen LogP contribution in [0.15, 0.2) is 36.9 Å². The summed E-state index contributed by atoms with van der Waals surface area (Å²) < 4.78 is 16.7. The van der Waals surface area contributed by atoms with Gasteiger partial charge in [-0.1, -0.05) is 18.2 Å². The molecule has 1 saturated carbocycles. The van der Waals surface area contributed by atoms with E-state index in [1.54, 1.807) is 14.0 Å². The number of aliphatic hydroxyl groups is 1. The number of rotatable bonds is 10. The number of methoxy groups -OCH3 is 1. The molecule has 6 atom stereocenters. The normalized spacial score (nSPS) is 32.7. The van der Waals surface area contributed by atoms with Crippen molar-refractivity contribution in [3.8, 4) is 5.75 Å². The molecule has 218 valence electrons. The van der Waals surface area contributed by atoms with Gasteiger partial charge in [0.2, 0.25) is 11.8 Å². The van der Waals surface area contributed by atoms with Crippen LogP contribution in [-0.2, 0) is 30.4 Å². The molecule has 1 spiro atoms. The van der Waals surface area contributed by atoms with Crippen molar-refractivity contribution in [2.24, 2.45) is 17.3 Å². The van der Waals surface area contributed by atoms with Crippen LogP contribution in [-0.4, -0.2) is 77.4 Å². The minimum atomic E-state index is -0.926. The van der Waals surface area contributed by atoms with Crippen molar-refractivity contribution in [2.75, 3.05) is 26.9 Å². The number of benzene rings is 1. The number of esters is 1. The Bertz CT molecular complexity index is 1110. The SMILES string of the molecule is C=CCCCC(=O)N1CC[C@@H]2[C@H]3C[C@]4(CCC(O)OC4)[C@H]1[C@@]2(CC(=O)OCC)N(Cc1ccc(OC)cc1)C3=O. The lowest BCUT2D eigenvalue weighted by Crippen LogP contribution is -2.75. The molecule has 3 saturated heterocycles. The van der Waals surface area contributed by atoms with Crippen LogP contribution < -0.4 is 4.74 Å². The van der Waals surface area contributed by atoms with E-state index in [-0.39, 0.29) is 49.3 Å². The van der Waals surface area contributed by atoms with Crippen LogP contribution in [0.3, 0.4) is 0 Å². The first kappa shape index (κ1) is 28.6. The van der Waals surface area contributed by atoms with E-state index >= 15 is 0 Å². The van der Waals surface area contributed by atoms with Crippen LogP contribution in [0.1, 0.15) is 63.9 Å². The minimum absolute atomic E-state index is 0.0231. The molecule has 9 heteroatoms. The first-order valence-corrected chi connectivity index (χ1v) is 14.6. The van der Waals surface area contributed by atoms with Gasteiger partial charge in [0.05, 0.1) is 38.3 Å².